The van der Waals surface area contributed by atoms with E-state index in [1.54, 1.807) is 0 Å². The van der Waals surface area contributed by atoms with Crippen LogP contribution in [0.5, 0.6) is 0 Å². The summed E-state index contributed by atoms with van der Waals surface area (Å²) < 4.78 is 1.05. The van der Waals surface area contributed by atoms with Gasteiger partial charge >= 0.3 is 0 Å². The van der Waals surface area contributed by atoms with Gasteiger partial charge in [0.2, 0.25) is 0 Å². The maximum Gasteiger partial charge on any atom is 0.138 e. The van der Waals surface area contributed by atoms with E-state index in [2.05, 4.69) is 21.2 Å². The Morgan fingerprint density at radius 1 is 1.33 bits per heavy atom. The number of hydrogen-bond donors (Lipinski definition) is 1. The number of ketones is 1. The van der Waals surface area contributed by atoms with Crippen LogP contribution in [0.15, 0.2) is 28.7 Å². The Bertz CT molecular complexity index is 308. The van der Waals surface area contributed by atoms with Gasteiger partial charge in [-0.3, -0.25) is 4.79 Å². The van der Waals surface area contributed by atoms with Crippen molar-refractivity contribution in [2.45, 2.75) is 19.8 Å². The lowest BCUT2D eigenvalue weighted by atomic mass is 10.1. The Kier molecular flexibility index (Phi) is 5.58. The number of halogens is 1. The molecule has 1 aromatic carbocycles. The molecule has 0 aromatic heterocycles. The zero-order valence-electron chi connectivity index (χ0n) is 8.92. The van der Waals surface area contributed by atoms with E-state index >= 15 is 0 Å². The minimum atomic E-state index is 0.290. The van der Waals surface area contributed by atoms with E-state index in [1.165, 1.54) is 0 Å². The Hall–Kier alpha value is -0.670. The van der Waals surface area contributed by atoms with Crippen molar-refractivity contribution in [2.75, 3.05) is 13.1 Å². The van der Waals surface area contributed by atoms with Gasteiger partial charge in [-0.15, -0.1) is 0 Å². The third kappa shape index (κ3) is 5.09. The summed E-state index contributed by atoms with van der Waals surface area (Å²) >= 11 is 3.37. The first-order valence-corrected chi connectivity index (χ1v) is 5.98. The van der Waals surface area contributed by atoms with Crippen LogP contribution in [-0.2, 0) is 11.2 Å². The van der Waals surface area contributed by atoms with Crippen LogP contribution < -0.4 is 5.32 Å². The number of Topliss-reactive ketones (excluding diaryl/α,β-unsaturated/α-hetero) is 1. The summed E-state index contributed by atoms with van der Waals surface area (Å²) in [5, 5.41) is 3.15. The second-order valence-corrected chi connectivity index (χ2v) is 4.36. The molecule has 0 aliphatic heterocycles. The van der Waals surface area contributed by atoms with Crippen LogP contribution in [0.3, 0.4) is 0 Å². The van der Waals surface area contributed by atoms with Gasteiger partial charge in [-0.1, -0.05) is 35.0 Å². The molecule has 0 aliphatic carbocycles. The van der Waals surface area contributed by atoms with Crippen LogP contribution in [0.1, 0.15) is 18.9 Å². The van der Waals surface area contributed by atoms with E-state index in [0.29, 0.717) is 18.6 Å². The first-order valence-electron chi connectivity index (χ1n) is 5.19. The highest BCUT2D eigenvalue weighted by molar-refractivity contribution is 9.10. The van der Waals surface area contributed by atoms with Gasteiger partial charge in [-0.25, -0.2) is 0 Å². The number of carbonyl (C=O) groups is 1. The first kappa shape index (κ1) is 12.4. The van der Waals surface area contributed by atoms with E-state index in [-0.39, 0.29) is 0 Å². The number of hydrogen-bond acceptors (Lipinski definition) is 2. The van der Waals surface area contributed by atoms with Crippen molar-refractivity contribution in [2.24, 2.45) is 0 Å². The van der Waals surface area contributed by atoms with Crippen LogP contribution in [0.4, 0.5) is 0 Å². The SMILES string of the molecule is CCNCCC(=O)Cc1ccc(Br)cc1. The fourth-order valence-corrected chi connectivity index (χ4v) is 1.59. The Morgan fingerprint density at radius 2 is 2.00 bits per heavy atom. The molecule has 0 saturated heterocycles. The average molecular weight is 270 g/mol. The summed E-state index contributed by atoms with van der Waals surface area (Å²) in [4.78, 5) is 11.5. The van der Waals surface area contributed by atoms with Gasteiger partial charge in [0.1, 0.15) is 5.78 Å². The molecule has 0 atom stereocenters. The second-order valence-electron chi connectivity index (χ2n) is 3.45. The molecule has 0 heterocycles. The molecular weight excluding hydrogens is 254 g/mol. The molecule has 0 spiro atoms. The highest BCUT2D eigenvalue weighted by Crippen LogP contribution is 2.11. The van der Waals surface area contributed by atoms with Crippen LogP contribution in [0, 0.1) is 0 Å². The fraction of sp³-hybridized carbons (Fsp3) is 0.417. The molecule has 15 heavy (non-hydrogen) atoms. The molecule has 0 bridgehead atoms. The minimum absolute atomic E-state index is 0.290. The first-order chi connectivity index (χ1) is 7.22. The molecule has 0 radical (unpaired) electrons. The summed E-state index contributed by atoms with van der Waals surface area (Å²) in [6.07, 6.45) is 1.16. The van der Waals surface area contributed by atoms with Gasteiger partial charge in [0.15, 0.2) is 0 Å². The highest BCUT2D eigenvalue weighted by Gasteiger charge is 2.02. The van der Waals surface area contributed by atoms with E-state index in [1.807, 2.05) is 31.2 Å². The molecule has 1 rings (SSSR count). The summed E-state index contributed by atoms with van der Waals surface area (Å²) in [6.45, 7) is 3.75. The van der Waals surface area contributed by atoms with E-state index in [9.17, 15) is 4.79 Å². The number of benzene rings is 1. The zero-order valence-corrected chi connectivity index (χ0v) is 10.5. The lowest BCUT2D eigenvalue weighted by Crippen LogP contribution is -2.18. The molecule has 3 heteroatoms. The van der Waals surface area contributed by atoms with Crippen molar-refractivity contribution in [3.8, 4) is 0 Å². The van der Waals surface area contributed by atoms with Crippen molar-refractivity contribution >= 4 is 21.7 Å². The quantitative estimate of drug-likeness (QED) is 0.805. The normalized spacial score (nSPS) is 10.3. The Labute approximate surface area is 99.2 Å². The zero-order chi connectivity index (χ0) is 11.1. The molecule has 0 amide bonds. The molecule has 1 N–H and O–H groups in total. The van der Waals surface area contributed by atoms with E-state index < -0.39 is 0 Å². The van der Waals surface area contributed by atoms with Crippen molar-refractivity contribution in [3.05, 3.63) is 34.3 Å². The maximum absolute atomic E-state index is 11.5. The third-order valence-corrected chi connectivity index (χ3v) is 2.67. The van der Waals surface area contributed by atoms with Crippen molar-refractivity contribution in [3.63, 3.8) is 0 Å². The predicted molar refractivity (Wildman–Crippen MR) is 66.0 cm³/mol. The molecule has 82 valence electrons. The average Bonchev–Trinajstić information content (AvgIpc) is 2.22. The second kappa shape index (κ2) is 6.75. The lowest BCUT2D eigenvalue weighted by molar-refractivity contribution is -0.118. The van der Waals surface area contributed by atoms with Crippen LogP contribution in [-0.4, -0.2) is 18.9 Å². The summed E-state index contributed by atoms with van der Waals surface area (Å²) in [5.41, 5.74) is 1.08. The third-order valence-electron chi connectivity index (χ3n) is 2.15. The van der Waals surface area contributed by atoms with Crippen molar-refractivity contribution < 1.29 is 4.79 Å². The van der Waals surface area contributed by atoms with Gasteiger partial charge in [0.25, 0.3) is 0 Å². The van der Waals surface area contributed by atoms with Crippen molar-refractivity contribution in [1.29, 1.82) is 0 Å². The van der Waals surface area contributed by atoms with Crippen LogP contribution >= 0.6 is 15.9 Å². The van der Waals surface area contributed by atoms with Crippen LogP contribution in [0.2, 0.25) is 0 Å². The molecular formula is C12H16BrNO. The van der Waals surface area contributed by atoms with Crippen molar-refractivity contribution in [1.82, 2.24) is 5.32 Å². The highest BCUT2D eigenvalue weighted by atomic mass is 79.9. The van der Waals surface area contributed by atoms with Gasteiger partial charge in [-0.2, -0.15) is 0 Å². The predicted octanol–water partition coefficient (Wildman–Crippen LogP) is 2.56. The lowest BCUT2D eigenvalue weighted by Gasteiger charge is -2.02. The smallest absolute Gasteiger partial charge is 0.138 e. The summed E-state index contributed by atoms with van der Waals surface area (Å²) in [6, 6.07) is 7.89. The standard InChI is InChI=1S/C12H16BrNO/c1-2-14-8-7-12(15)9-10-3-5-11(13)6-4-10/h3-6,14H,2,7-9H2,1H3. The maximum atomic E-state index is 11.5. The molecule has 1 aromatic rings. The van der Waals surface area contributed by atoms with Gasteiger partial charge in [-0.05, 0) is 24.2 Å². The van der Waals surface area contributed by atoms with Gasteiger partial charge in [0, 0.05) is 23.9 Å². The monoisotopic (exact) mass is 269 g/mol. The van der Waals surface area contributed by atoms with E-state index in [0.717, 1.165) is 23.1 Å². The molecule has 0 saturated carbocycles. The van der Waals surface area contributed by atoms with E-state index in [4.69, 9.17) is 0 Å². The number of nitrogens with one attached hydrogen (secondary N) is 1. The number of carbonyl (C=O) groups excluding carboxylic acids is 1. The molecule has 0 unspecified atom stereocenters. The number of rotatable bonds is 6. The largest absolute Gasteiger partial charge is 0.317 e. The summed E-state index contributed by atoms with van der Waals surface area (Å²) in [7, 11) is 0. The van der Waals surface area contributed by atoms with Gasteiger partial charge < -0.3 is 5.32 Å². The Morgan fingerprint density at radius 3 is 2.60 bits per heavy atom. The molecule has 0 fully saturated rings. The fourth-order valence-electron chi connectivity index (χ4n) is 1.32. The molecule has 0 aliphatic rings. The van der Waals surface area contributed by atoms with Gasteiger partial charge in [0.05, 0.1) is 0 Å². The minimum Gasteiger partial charge on any atom is -0.317 e. The Balaban J connectivity index is 2.34. The van der Waals surface area contributed by atoms with Crippen LogP contribution in [0.25, 0.3) is 0 Å². The summed E-state index contributed by atoms with van der Waals surface area (Å²) in [5.74, 6) is 0.290. The topological polar surface area (TPSA) is 29.1 Å². The molecule has 2 nitrogen and oxygen atoms in total.